The molecule has 0 spiro atoms. The summed E-state index contributed by atoms with van der Waals surface area (Å²) in [7, 11) is -5.03. The maximum absolute atomic E-state index is 15.1. The van der Waals surface area contributed by atoms with E-state index in [0.717, 1.165) is 0 Å². The van der Waals surface area contributed by atoms with Crippen LogP contribution in [-0.2, 0) is 101 Å². The van der Waals surface area contributed by atoms with Gasteiger partial charge in [-0.25, -0.2) is 0 Å². The topological polar surface area (TPSA) is 203 Å². The third kappa shape index (κ3) is 13.6. The van der Waals surface area contributed by atoms with Crippen molar-refractivity contribution in [3.05, 3.63) is 88.0 Å². The number of ether oxygens (including phenoxy) is 6. The van der Waals surface area contributed by atoms with Crippen LogP contribution in [0.4, 0.5) is 0 Å². The zero-order valence-electron chi connectivity index (χ0n) is 29.9. The molecule has 0 saturated heterocycles. The van der Waals surface area contributed by atoms with Crippen LogP contribution in [0.2, 0.25) is 0 Å². The van der Waals surface area contributed by atoms with Crippen LogP contribution in [0.3, 0.4) is 0 Å². The summed E-state index contributed by atoms with van der Waals surface area (Å²) in [6.07, 6.45) is 0. The molecule has 0 aromatic heterocycles. The molecular formula is C36H39O16P. The highest BCUT2D eigenvalue weighted by Crippen LogP contribution is 2.52. The van der Waals surface area contributed by atoms with E-state index in [0.29, 0.717) is 16.7 Å². The first-order chi connectivity index (χ1) is 25.1. The van der Waals surface area contributed by atoms with Crippen molar-refractivity contribution < 1.29 is 75.3 Å². The van der Waals surface area contributed by atoms with Gasteiger partial charge < -0.3 is 42.0 Å². The zero-order chi connectivity index (χ0) is 39.1. The van der Waals surface area contributed by atoms with Gasteiger partial charge in [0, 0.05) is 58.2 Å². The highest BCUT2D eigenvalue weighted by molar-refractivity contribution is 7.49. The van der Waals surface area contributed by atoms with Gasteiger partial charge in [0.15, 0.2) is 0 Å². The Kier molecular flexibility index (Phi) is 15.4. The molecule has 17 heteroatoms. The number of benzene rings is 3. The monoisotopic (exact) mass is 758 g/mol. The summed E-state index contributed by atoms with van der Waals surface area (Å²) in [4.78, 5) is 70.5. The lowest BCUT2D eigenvalue weighted by Crippen LogP contribution is -2.14. The molecule has 0 bridgehead atoms. The largest absolute Gasteiger partial charge is 0.647 e. The summed E-state index contributed by atoms with van der Waals surface area (Å²) in [5.74, 6) is -4.30. The van der Waals surface area contributed by atoms with E-state index in [-0.39, 0.29) is 53.8 Å². The normalized spacial score (nSPS) is 10.7. The van der Waals surface area contributed by atoms with Crippen molar-refractivity contribution in [3.63, 3.8) is 0 Å². The van der Waals surface area contributed by atoms with Gasteiger partial charge in [-0.2, -0.15) is 4.57 Å². The summed E-state index contributed by atoms with van der Waals surface area (Å²) in [5, 5.41) is 0. The molecule has 0 unspecified atom stereocenters. The highest BCUT2D eigenvalue weighted by atomic mass is 31.2. The smallest absolute Gasteiger partial charge is 0.461 e. The van der Waals surface area contributed by atoms with Crippen LogP contribution in [0, 0.1) is 0 Å². The van der Waals surface area contributed by atoms with Gasteiger partial charge in [0.2, 0.25) is 0 Å². The first kappa shape index (κ1) is 41.5. The van der Waals surface area contributed by atoms with Crippen molar-refractivity contribution in [2.75, 3.05) is 0 Å². The van der Waals surface area contributed by atoms with E-state index in [1.807, 2.05) is 0 Å². The van der Waals surface area contributed by atoms with Gasteiger partial charge in [-0.1, -0.05) is 36.4 Å². The van der Waals surface area contributed by atoms with Crippen LogP contribution in [0.5, 0.6) is 17.2 Å². The average molecular weight is 759 g/mol. The molecule has 0 amide bonds. The fourth-order valence-corrected chi connectivity index (χ4v) is 5.81. The van der Waals surface area contributed by atoms with E-state index in [4.69, 9.17) is 42.0 Å². The number of esters is 6. The Balaban J connectivity index is 2.26. The molecule has 0 heterocycles. The van der Waals surface area contributed by atoms with Crippen molar-refractivity contribution in [3.8, 4) is 17.2 Å². The number of phosphoric ester groups is 1. The number of rotatable bonds is 18. The van der Waals surface area contributed by atoms with Crippen molar-refractivity contribution in [2.24, 2.45) is 0 Å². The number of hydrogen-bond donors (Lipinski definition) is 0. The van der Waals surface area contributed by atoms with E-state index in [2.05, 4.69) is 0 Å². The predicted molar refractivity (Wildman–Crippen MR) is 182 cm³/mol. The quantitative estimate of drug-likeness (QED) is 0.0866. The fraction of sp³-hybridized carbons (Fsp3) is 0.333. The molecule has 0 saturated carbocycles. The van der Waals surface area contributed by atoms with Crippen LogP contribution in [0.15, 0.2) is 54.6 Å². The van der Waals surface area contributed by atoms with Crippen LogP contribution in [0.25, 0.3) is 0 Å². The number of carbonyl (C=O) groups excluding carboxylic acids is 6. The van der Waals surface area contributed by atoms with E-state index >= 15 is 4.57 Å². The van der Waals surface area contributed by atoms with Crippen molar-refractivity contribution in [2.45, 2.75) is 81.2 Å². The number of hydrogen-bond acceptors (Lipinski definition) is 16. The van der Waals surface area contributed by atoms with Gasteiger partial charge in [0.25, 0.3) is 0 Å². The predicted octanol–water partition coefficient (Wildman–Crippen LogP) is 5.71. The first-order valence-electron chi connectivity index (χ1n) is 15.9. The molecule has 53 heavy (non-hydrogen) atoms. The van der Waals surface area contributed by atoms with Gasteiger partial charge >= 0.3 is 43.6 Å². The lowest BCUT2D eigenvalue weighted by molar-refractivity contribution is -0.144. The first-order valence-corrected chi connectivity index (χ1v) is 17.3. The molecule has 0 radical (unpaired) electrons. The molecule has 0 aliphatic carbocycles. The van der Waals surface area contributed by atoms with Gasteiger partial charge in [0.05, 0.1) is 0 Å². The van der Waals surface area contributed by atoms with E-state index in [1.165, 1.54) is 77.9 Å². The Morgan fingerprint density at radius 2 is 0.623 bits per heavy atom. The molecule has 16 nitrogen and oxygen atoms in total. The third-order valence-electron chi connectivity index (χ3n) is 6.87. The molecule has 3 aromatic carbocycles. The number of phosphoric acid groups is 1. The van der Waals surface area contributed by atoms with Crippen LogP contribution >= 0.6 is 7.82 Å². The third-order valence-corrected chi connectivity index (χ3v) is 8.13. The molecular weight excluding hydrogens is 719 g/mol. The lowest BCUT2D eigenvalue weighted by atomic mass is 10.1. The molecule has 0 N–H and O–H groups in total. The lowest BCUT2D eigenvalue weighted by Gasteiger charge is -2.25. The maximum atomic E-state index is 15.1. The van der Waals surface area contributed by atoms with Crippen LogP contribution in [0.1, 0.15) is 74.9 Å². The van der Waals surface area contributed by atoms with Crippen LogP contribution in [-0.4, -0.2) is 35.8 Å². The van der Waals surface area contributed by atoms with E-state index in [1.54, 1.807) is 18.2 Å². The summed E-state index contributed by atoms with van der Waals surface area (Å²) in [5.41, 5.74) is 1.40. The minimum atomic E-state index is -5.03. The van der Waals surface area contributed by atoms with E-state index < -0.39 is 63.5 Å². The summed E-state index contributed by atoms with van der Waals surface area (Å²) < 4.78 is 64.4. The molecule has 3 aromatic rings. The highest BCUT2D eigenvalue weighted by Gasteiger charge is 2.37. The minimum absolute atomic E-state index is 0.142. The van der Waals surface area contributed by atoms with Gasteiger partial charge in [0.1, 0.15) is 56.9 Å². The van der Waals surface area contributed by atoms with Crippen molar-refractivity contribution >= 4 is 43.6 Å². The second-order valence-corrected chi connectivity index (χ2v) is 12.5. The Hall–Kier alpha value is -5.89. The average Bonchev–Trinajstić information content (AvgIpc) is 3.07. The standard InChI is InChI=1S/C36H39O16P/c1-22(37)44-16-28-10-7-13-34(31(28)19-47-25(4)40)50-53(43,51-35-14-8-11-29(17-45-23(2)38)32(35)20-48-26(5)41)52-36-15-9-12-30(18-46-24(3)39)33(36)21-49-27(6)42/h7-15H,16-21H2,1-6H3. The Morgan fingerprint density at radius 1 is 0.396 bits per heavy atom. The Labute approximate surface area is 305 Å². The SMILES string of the molecule is CC(=O)OCc1cccc(OP(=O)(Oc2cccc(COC(C)=O)c2COC(C)=O)Oc2cccc(COC(C)=O)c2COC(C)=O)c1COC(C)=O. The molecule has 0 fully saturated rings. The van der Waals surface area contributed by atoms with E-state index in [9.17, 15) is 28.8 Å². The Bertz CT molecular complexity index is 1670. The molecule has 3 rings (SSSR count). The fourth-order valence-electron chi connectivity index (χ4n) is 4.46. The second-order valence-electron chi connectivity index (χ2n) is 11.1. The molecule has 0 aliphatic heterocycles. The Morgan fingerprint density at radius 3 is 0.849 bits per heavy atom. The summed E-state index contributed by atoms with van der Waals surface area (Å²) in [6.45, 7) is 5.08. The van der Waals surface area contributed by atoms with Gasteiger partial charge in [-0.3, -0.25) is 28.8 Å². The summed E-state index contributed by atoms with van der Waals surface area (Å²) in [6, 6.07) is 13.3. The van der Waals surface area contributed by atoms with Gasteiger partial charge in [-0.05, 0) is 34.9 Å². The second kappa shape index (κ2) is 19.6. The van der Waals surface area contributed by atoms with Crippen molar-refractivity contribution in [1.29, 1.82) is 0 Å². The summed E-state index contributed by atoms with van der Waals surface area (Å²) >= 11 is 0. The molecule has 0 atom stereocenters. The molecule has 0 aliphatic rings. The van der Waals surface area contributed by atoms with Gasteiger partial charge in [-0.15, -0.1) is 0 Å². The maximum Gasteiger partial charge on any atom is 0.647 e. The number of carbonyl (C=O) groups is 6. The van der Waals surface area contributed by atoms with Crippen molar-refractivity contribution in [1.82, 2.24) is 0 Å². The minimum Gasteiger partial charge on any atom is -0.461 e. The zero-order valence-corrected chi connectivity index (χ0v) is 30.8. The molecule has 284 valence electrons. The van der Waals surface area contributed by atoms with Crippen LogP contribution < -0.4 is 13.6 Å².